The van der Waals surface area contributed by atoms with E-state index in [0.717, 1.165) is 57.8 Å². The Hall–Kier alpha value is -1.87. The van der Waals surface area contributed by atoms with Gasteiger partial charge >= 0.3 is 5.97 Å². The number of anilines is 1. The maximum absolute atomic E-state index is 12.6. The molecular weight excluding hydrogens is 357 g/mol. The number of hydrogen-bond donors (Lipinski definition) is 0. The van der Waals surface area contributed by atoms with Gasteiger partial charge < -0.3 is 14.4 Å². The summed E-state index contributed by atoms with van der Waals surface area (Å²) < 4.78 is 6.22. The first-order chi connectivity index (χ1) is 13.4. The molecule has 0 aliphatic carbocycles. The number of ether oxygens (including phenoxy) is 1. The van der Waals surface area contributed by atoms with Crippen LogP contribution in [0.25, 0.3) is 0 Å². The third kappa shape index (κ3) is 3.96. The number of rotatable bonds is 4. The molecule has 0 N–H and O–H groups in total. The van der Waals surface area contributed by atoms with Crippen LogP contribution in [0.4, 0.5) is 5.82 Å². The van der Waals surface area contributed by atoms with Gasteiger partial charge in [-0.2, -0.15) is 0 Å². The van der Waals surface area contributed by atoms with Crippen LogP contribution in [0.15, 0.2) is 4.79 Å². The second-order valence-electron chi connectivity index (χ2n) is 7.74. The number of piperazine rings is 1. The highest BCUT2D eigenvalue weighted by atomic mass is 16.5. The molecule has 2 radical (unpaired) electrons. The van der Waals surface area contributed by atoms with Crippen molar-refractivity contribution in [3.63, 3.8) is 0 Å². The van der Waals surface area contributed by atoms with E-state index in [1.807, 2.05) is 11.7 Å². The highest BCUT2D eigenvalue weighted by Gasteiger charge is 2.34. The Morgan fingerprint density at radius 2 is 1.93 bits per heavy atom. The van der Waals surface area contributed by atoms with E-state index in [1.165, 1.54) is 11.7 Å². The van der Waals surface area contributed by atoms with E-state index >= 15 is 0 Å². The molecule has 0 unspecified atom stereocenters. The van der Waals surface area contributed by atoms with Crippen LogP contribution in [0.1, 0.15) is 42.4 Å². The minimum atomic E-state index is -0.697. The molecule has 2 aliphatic rings. The highest BCUT2D eigenvalue weighted by Crippen LogP contribution is 2.26. The predicted octanol–water partition coefficient (Wildman–Crippen LogP) is 0.324. The first kappa shape index (κ1) is 20.9. The fourth-order valence-electron chi connectivity index (χ4n) is 4.56. The zero-order chi connectivity index (χ0) is 20.4. The van der Waals surface area contributed by atoms with E-state index < -0.39 is 11.5 Å². The Bertz CT molecular complexity index is 776. The minimum absolute atomic E-state index is 0.162. The lowest BCUT2D eigenvalue weighted by Gasteiger charge is -2.48. The van der Waals surface area contributed by atoms with E-state index in [1.54, 1.807) is 7.05 Å². The molecule has 3 rings (SSSR count). The molecule has 0 spiro atoms. The van der Waals surface area contributed by atoms with Crippen molar-refractivity contribution in [2.24, 2.45) is 7.05 Å². The quantitative estimate of drug-likeness (QED) is 0.545. The van der Waals surface area contributed by atoms with Crippen molar-refractivity contribution in [3.05, 3.63) is 21.7 Å². The molecule has 1 atom stereocenters. The van der Waals surface area contributed by atoms with Gasteiger partial charge in [-0.15, -0.1) is 0 Å². The summed E-state index contributed by atoms with van der Waals surface area (Å²) in [6.45, 7) is 8.54. The highest BCUT2D eigenvalue weighted by molar-refractivity contribution is 6.04. The first-order valence-electron chi connectivity index (χ1n) is 10.0. The summed E-state index contributed by atoms with van der Waals surface area (Å²) in [7, 11) is 8.87. The van der Waals surface area contributed by atoms with Gasteiger partial charge in [0, 0.05) is 38.8 Å². The fraction of sp³-hybridized carbons (Fsp3) is 0.737. The second kappa shape index (κ2) is 8.65. The van der Waals surface area contributed by atoms with Gasteiger partial charge in [-0.05, 0) is 39.3 Å². The zero-order valence-corrected chi connectivity index (χ0v) is 17.3. The largest absolute Gasteiger partial charge is 0.464 e. The average molecular weight is 387 g/mol. The fourth-order valence-corrected chi connectivity index (χ4v) is 4.56. The topological polar surface area (TPSA) is 70.9 Å². The van der Waals surface area contributed by atoms with Crippen molar-refractivity contribution in [1.29, 1.82) is 0 Å². The zero-order valence-electron chi connectivity index (χ0n) is 17.3. The molecule has 0 amide bonds. The molecule has 9 heteroatoms. The SMILES string of the molecule is [B]N1CCC(N2CCN(c3c(C)nc(C(=O)OC)c(=O)n3C)C[C@@H]2CC)CC1. The molecule has 8 nitrogen and oxygen atoms in total. The molecule has 1 aromatic rings. The van der Waals surface area contributed by atoms with Crippen molar-refractivity contribution >= 4 is 19.8 Å². The van der Waals surface area contributed by atoms with Crippen molar-refractivity contribution in [2.75, 3.05) is 44.7 Å². The van der Waals surface area contributed by atoms with Crippen molar-refractivity contribution < 1.29 is 9.53 Å². The standard InChI is InChI=1S/C19H30BN5O3/c1-5-14-12-23(10-11-25(14)15-6-8-24(20)9-7-15)17-13(2)21-16(19(27)28-4)18(26)22(17)3/h14-15H,5-12H2,1-4H3/t14-/m0/s1. The summed E-state index contributed by atoms with van der Waals surface area (Å²) >= 11 is 0. The third-order valence-electron chi connectivity index (χ3n) is 6.07. The molecule has 28 heavy (non-hydrogen) atoms. The molecule has 152 valence electrons. The molecule has 2 fully saturated rings. The van der Waals surface area contributed by atoms with Gasteiger partial charge in [0.05, 0.1) is 12.8 Å². The molecule has 0 aromatic carbocycles. The first-order valence-corrected chi connectivity index (χ1v) is 10.0. The van der Waals surface area contributed by atoms with Crippen molar-refractivity contribution in [1.82, 2.24) is 19.3 Å². The second-order valence-corrected chi connectivity index (χ2v) is 7.74. The maximum atomic E-state index is 12.6. The average Bonchev–Trinajstić information content (AvgIpc) is 2.70. The number of piperidine rings is 1. The normalized spacial score (nSPS) is 22.4. The molecular formula is C19H30BN5O3. The van der Waals surface area contributed by atoms with Gasteiger partial charge in [0.15, 0.2) is 7.98 Å². The summed E-state index contributed by atoms with van der Waals surface area (Å²) in [5, 5.41) is 0. The van der Waals surface area contributed by atoms with E-state index in [-0.39, 0.29) is 5.69 Å². The van der Waals surface area contributed by atoms with Crippen LogP contribution < -0.4 is 10.5 Å². The number of methoxy groups -OCH3 is 1. The third-order valence-corrected chi connectivity index (χ3v) is 6.07. The van der Waals surface area contributed by atoms with Crippen LogP contribution in [-0.4, -0.2) is 85.1 Å². The predicted molar refractivity (Wildman–Crippen MR) is 109 cm³/mol. The number of carbonyl (C=O) groups is 1. The Balaban J connectivity index is 1.82. The van der Waals surface area contributed by atoms with E-state index in [9.17, 15) is 9.59 Å². The van der Waals surface area contributed by atoms with E-state index in [0.29, 0.717) is 17.8 Å². The summed E-state index contributed by atoms with van der Waals surface area (Å²) in [4.78, 5) is 35.5. The molecule has 1 aromatic heterocycles. The smallest absolute Gasteiger partial charge is 0.362 e. The van der Waals surface area contributed by atoms with Crippen LogP contribution in [0.5, 0.6) is 0 Å². The Labute approximate surface area is 167 Å². The molecule has 2 saturated heterocycles. The molecule has 2 aliphatic heterocycles. The van der Waals surface area contributed by atoms with Crippen LogP contribution in [0.3, 0.4) is 0 Å². The maximum Gasteiger partial charge on any atom is 0.362 e. The van der Waals surface area contributed by atoms with Gasteiger partial charge in [-0.1, -0.05) is 6.92 Å². The van der Waals surface area contributed by atoms with Crippen LogP contribution in [0.2, 0.25) is 0 Å². The lowest BCUT2D eigenvalue weighted by Crippen LogP contribution is -2.59. The van der Waals surface area contributed by atoms with Gasteiger partial charge in [0.2, 0.25) is 5.69 Å². The summed E-state index contributed by atoms with van der Waals surface area (Å²) in [6.07, 6.45) is 3.24. The summed E-state index contributed by atoms with van der Waals surface area (Å²) in [6, 6.07) is 0.981. The Morgan fingerprint density at radius 1 is 1.25 bits per heavy atom. The van der Waals surface area contributed by atoms with Gasteiger partial charge in [-0.3, -0.25) is 14.3 Å². The number of hydrogen-bond acceptors (Lipinski definition) is 7. The van der Waals surface area contributed by atoms with Crippen LogP contribution in [0, 0.1) is 6.92 Å². The Kier molecular flexibility index (Phi) is 6.45. The van der Waals surface area contributed by atoms with Gasteiger partial charge in [0.25, 0.3) is 5.56 Å². The van der Waals surface area contributed by atoms with E-state index in [2.05, 4.69) is 26.4 Å². The van der Waals surface area contributed by atoms with Gasteiger partial charge in [0.1, 0.15) is 5.82 Å². The van der Waals surface area contributed by atoms with Crippen molar-refractivity contribution in [3.8, 4) is 0 Å². The van der Waals surface area contributed by atoms with Crippen molar-refractivity contribution in [2.45, 2.75) is 45.2 Å². The number of aryl methyl sites for hydroxylation is 1. The summed E-state index contributed by atoms with van der Waals surface area (Å²) in [5.74, 6) is 0.0882. The summed E-state index contributed by atoms with van der Waals surface area (Å²) in [5.41, 5.74) is 0.0889. The van der Waals surface area contributed by atoms with Crippen LogP contribution in [-0.2, 0) is 11.8 Å². The van der Waals surface area contributed by atoms with E-state index in [4.69, 9.17) is 7.98 Å². The monoisotopic (exact) mass is 387 g/mol. The molecule has 0 saturated carbocycles. The van der Waals surface area contributed by atoms with Crippen LogP contribution >= 0.6 is 0 Å². The lowest BCUT2D eigenvalue weighted by molar-refractivity contribution is 0.0590. The number of carbonyl (C=O) groups excluding carboxylic acids is 1. The number of esters is 1. The number of aromatic nitrogens is 2. The molecule has 0 bridgehead atoms. The number of nitrogens with zero attached hydrogens (tertiary/aromatic N) is 5. The van der Waals surface area contributed by atoms with Gasteiger partial charge in [-0.25, -0.2) is 9.78 Å². The minimum Gasteiger partial charge on any atom is -0.464 e. The molecule has 3 heterocycles. The lowest BCUT2D eigenvalue weighted by atomic mass is 9.96. The Morgan fingerprint density at radius 3 is 2.54 bits per heavy atom.